The molecule has 1 unspecified atom stereocenters. The zero-order valence-electron chi connectivity index (χ0n) is 14.3. The first-order chi connectivity index (χ1) is 11.4. The number of nitrogens with one attached hydrogen (secondary N) is 1. The van der Waals surface area contributed by atoms with E-state index in [2.05, 4.69) is 10.4 Å². The van der Waals surface area contributed by atoms with Crippen molar-refractivity contribution in [2.75, 3.05) is 23.3 Å². The van der Waals surface area contributed by atoms with Crippen LogP contribution < -0.4 is 10.2 Å². The van der Waals surface area contributed by atoms with Crippen LogP contribution in [0.4, 0.5) is 15.9 Å². The number of para-hydroxylation sites is 1. The van der Waals surface area contributed by atoms with Gasteiger partial charge in [-0.25, -0.2) is 9.07 Å². The summed E-state index contributed by atoms with van der Waals surface area (Å²) in [6.07, 6.45) is 2.39. The molecular weight excluding hydrogens is 307 g/mol. The highest BCUT2D eigenvalue weighted by Gasteiger charge is 2.30. The minimum Gasteiger partial charge on any atom is -0.368 e. The topological polar surface area (TPSA) is 50.2 Å². The lowest BCUT2D eigenvalue weighted by atomic mass is 10.1. The molecule has 0 saturated carbocycles. The van der Waals surface area contributed by atoms with E-state index in [1.807, 2.05) is 31.7 Å². The number of aromatic nitrogens is 2. The van der Waals surface area contributed by atoms with Gasteiger partial charge in [0.25, 0.3) is 0 Å². The van der Waals surface area contributed by atoms with E-state index >= 15 is 0 Å². The number of nitrogens with zero attached hydrogens (tertiary/aromatic N) is 3. The number of carbonyl (C=O) groups is 1. The Balaban J connectivity index is 1.68. The summed E-state index contributed by atoms with van der Waals surface area (Å²) in [4.78, 5) is 14.5. The SMILES string of the molecule is CC(C)(C)n1nccc1NC(=O)C1CCN(c2ccccc2F)C1. The van der Waals surface area contributed by atoms with Gasteiger partial charge in [-0.2, -0.15) is 5.10 Å². The lowest BCUT2D eigenvalue weighted by Gasteiger charge is -2.23. The van der Waals surface area contributed by atoms with Crippen LogP contribution in [0.5, 0.6) is 0 Å². The molecule has 24 heavy (non-hydrogen) atoms. The summed E-state index contributed by atoms with van der Waals surface area (Å²) in [5, 5.41) is 7.25. The lowest BCUT2D eigenvalue weighted by molar-refractivity contribution is -0.119. The molecule has 1 N–H and O–H groups in total. The lowest BCUT2D eigenvalue weighted by Crippen LogP contribution is -2.30. The molecule has 0 aliphatic carbocycles. The summed E-state index contributed by atoms with van der Waals surface area (Å²) < 4.78 is 15.7. The van der Waals surface area contributed by atoms with Gasteiger partial charge in [-0.1, -0.05) is 12.1 Å². The first-order valence-corrected chi connectivity index (χ1v) is 8.21. The van der Waals surface area contributed by atoms with E-state index in [-0.39, 0.29) is 23.2 Å². The van der Waals surface area contributed by atoms with Gasteiger partial charge >= 0.3 is 0 Å². The predicted octanol–water partition coefficient (Wildman–Crippen LogP) is 3.24. The molecule has 3 rings (SSSR count). The number of anilines is 2. The standard InChI is InChI=1S/C18H23FN4O/c1-18(2,3)23-16(8-10-20-23)21-17(24)13-9-11-22(12-13)15-7-5-4-6-14(15)19/h4-8,10,13H,9,11-12H2,1-3H3,(H,21,24). The van der Waals surface area contributed by atoms with Crippen LogP contribution in [0, 0.1) is 11.7 Å². The maximum atomic E-state index is 13.9. The number of hydrogen-bond acceptors (Lipinski definition) is 3. The van der Waals surface area contributed by atoms with Crippen LogP contribution in [0.1, 0.15) is 27.2 Å². The molecule has 1 atom stereocenters. The Kier molecular flexibility index (Phi) is 4.30. The fraction of sp³-hybridized carbons (Fsp3) is 0.444. The Labute approximate surface area is 141 Å². The molecule has 1 saturated heterocycles. The molecular formula is C18H23FN4O. The summed E-state index contributed by atoms with van der Waals surface area (Å²) in [6.45, 7) is 7.30. The van der Waals surface area contributed by atoms with Gasteiger partial charge < -0.3 is 10.2 Å². The van der Waals surface area contributed by atoms with E-state index in [0.717, 1.165) is 0 Å². The van der Waals surface area contributed by atoms with Crippen LogP contribution in [0.25, 0.3) is 0 Å². The van der Waals surface area contributed by atoms with Crippen molar-refractivity contribution in [1.82, 2.24) is 9.78 Å². The van der Waals surface area contributed by atoms with Gasteiger partial charge in [0, 0.05) is 19.2 Å². The molecule has 0 radical (unpaired) electrons. The second-order valence-electron chi connectivity index (χ2n) is 7.17. The maximum absolute atomic E-state index is 13.9. The fourth-order valence-corrected chi connectivity index (χ4v) is 3.06. The zero-order valence-corrected chi connectivity index (χ0v) is 14.3. The molecule has 2 aromatic rings. The van der Waals surface area contributed by atoms with Crippen molar-refractivity contribution < 1.29 is 9.18 Å². The van der Waals surface area contributed by atoms with Gasteiger partial charge in [-0.15, -0.1) is 0 Å². The number of rotatable bonds is 3. The third-order valence-corrected chi connectivity index (χ3v) is 4.28. The van der Waals surface area contributed by atoms with Crippen molar-refractivity contribution in [3.05, 3.63) is 42.3 Å². The minimum atomic E-state index is -0.246. The fourth-order valence-electron chi connectivity index (χ4n) is 3.06. The average Bonchev–Trinajstić information content (AvgIpc) is 3.16. The van der Waals surface area contributed by atoms with Crippen LogP contribution in [0.3, 0.4) is 0 Å². The van der Waals surface area contributed by atoms with Gasteiger partial charge in [-0.05, 0) is 39.3 Å². The quantitative estimate of drug-likeness (QED) is 0.940. The third kappa shape index (κ3) is 3.27. The predicted molar refractivity (Wildman–Crippen MR) is 92.6 cm³/mol. The van der Waals surface area contributed by atoms with Crippen molar-refractivity contribution >= 4 is 17.4 Å². The highest BCUT2D eigenvalue weighted by Crippen LogP contribution is 2.27. The van der Waals surface area contributed by atoms with E-state index in [9.17, 15) is 9.18 Å². The van der Waals surface area contributed by atoms with Crippen LogP contribution in [-0.2, 0) is 10.3 Å². The van der Waals surface area contributed by atoms with Crippen molar-refractivity contribution in [2.24, 2.45) is 5.92 Å². The van der Waals surface area contributed by atoms with Crippen molar-refractivity contribution in [3.63, 3.8) is 0 Å². The summed E-state index contributed by atoms with van der Waals surface area (Å²) in [5.74, 6) is 0.244. The second-order valence-corrected chi connectivity index (χ2v) is 7.17. The highest BCUT2D eigenvalue weighted by molar-refractivity contribution is 5.92. The molecule has 6 heteroatoms. The van der Waals surface area contributed by atoms with Gasteiger partial charge in [0.05, 0.1) is 23.3 Å². The molecule has 0 spiro atoms. The molecule has 1 aliphatic rings. The van der Waals surface area contributed by atoms with Crippen molar-refractivity contribution in [1.29, 1.82) is 0 Å². The first kappa shape index (κ1) is 16.5. The normalized spacial score (nSPS) is 18.0. The second kappa shape index (κ2) is 6.26. The van der Waals surface area contributed by atoms with E-state index in [0.29, 0.717) is 31.0 Å². The van der Waals surface area contributed by atoms with Crippen LogP contribution in [-0.4, -0.2) is 28.8 Å². The van der Waals surface area contributed by atoms with Crippen LogP contribution in [0.15, 0.2) is 36.5 Å². The molecule has 128 valence electrons. The van der Waals surface area contributed by atoms with Crippen LogP contribution >= 0.6 is 0 Å². The number of benzene rings is 1. The molecule has 1 aromatic heterocycles. The molecule has 1 aromatic carbocycles. The van der Waals surface area contributed by atoms with Gasteiger partial charge in [0.15, 0.2) is 0 Å². The number of halogens is 1. The Morgan fingerprint density at radius 3 is 2.75 bits per heavy atom. The number of amides is 1. The smallest absolute Gasteiger partial charge is 0.230 e. The van der Waals surface area contributed by atoms with Crippen molar-refractivity contribution in [2.45, 2.75) is 32.7 Å². The molecule has 2 heterocycles. The molecule has 1 amide bonds. The Morgan fingerprint density at radius 1 is 1.29 bits per heavy atom. The van der Waals surface area contributed by atoms with Gasteiger partial charge in [0.1, 0.15) is 11.6 Å². The summed E-state index contributed by atoms with van der Waals surface area (Å²) in [6, 6.07) is 8.49. The Bertz CT molecular complexity index is 735. The molecule has 0 bridgehead atoms. The van der Waals surface area contributed by atoms with Crippen molar-refractivity contribution in [3.8, 4) is 0 Å². The maximum Gasteiger partial charge on any atom is 0.230 e. The summed E-state index contributed by atoms with van der Waals surface area (Å²) in [7, 11) is 0. The first-order valence-electron chi connectivity index (χ1n) is 8.21. The third-order valence-electron chi connectivity index (χ3n) is 4.28. The summed E-state index contributed by atoms with van der Waals surface area (Å²) >= 11 is 0. The number of carbonyl (C=O) groups excluding carboxylic acids is 1. The monoisotopic (exact) mass is 330 g/mol. The van der Waals surface area contributed by atoms with Crippen LogP contribution in [0.2, 0.25) is 0 Å². The number of hydrogen-bond donors (Lipinski definition) is 1. The molecule has 1 fully saturated rings. The van der Waals surface area contributed by atoms with E-state index < -0.39 is 0 Å². The van der Waals surface area contributed by atoms with E-state index in [1.165, 1.54) is 6.07 Å². The van der Waals surface area contributed by atoms with Gasteiger partial charge in [0.2, 0.25) is 5.91 Å². The average molecular weight is 330 g/mol. The van der Waals surface area contributed by atoms with Gasteiger partial charge in [-0.3, -0.25) is 4.79 Å². The Morgan fingerprint density at radius 2 is 2.04 bits per heavy atom. The highest BCUT2D eigenvalue weighted by atomic mass is 19.1. The summed E-state index contributed by atoms with van der Waals surface area (Å²) in [5.41, 5.74) is 0.355. The van der Waals surface area contributed by atoms with E-state index in [1.54, 1.807) is 29.1 Å². The zero-order chi connectivity index (χ0) is 17.3. The van der Waals surface area contributed by atoms with E-state index in [4.69, 9.17) is 0 Å². The Hall–Kier alpha value is -2.37. The minimum absolute atomic E-state index is 0.0418. The molecule has 1 aliphatic heterocycles. The largest absolute Gasteiger partial charge is 0.368 e. The molecule has 5 nitrogen and oxygen atoms in total.